The fourth-order valence-corrected chi connectivity index (χ4v) is 2.27. The average Bonchev–Trinajstić information content (AvgIpc) is 2.49. The summed E-state index contributed by atoms with van der Waals surface area (Å²) in [7, 11) is 4.28. The van der Waals surface area contributed by atoms with E-state index < -0.39 is 0 Å². The van der Waals surface area contributed by atoms with Gasteiger partial charge in [0.15, 0.2) is 0 Å². The summed E-state index contributed by atoms with van der Waals surface area (Å²) < 4.78 is 0. The number of likely N-dealkylation sites (N-methyl/N-ethyl adjacent to an activating group) is 1. The van der Waals surface area contributed by atoms with Crippen LogP contribution in [0.5, 0.6) is 0 Å². The standard InChI is InChI=1S/C14H22N2.2C2H6/c1-12-4-5-14-11-16(9-8-15(2)3)7-6-13(14)10-12;2*1-2/h4-5,10H,6-9,11H2,1-3H3;2*1-2H3. The molecule has 0 bridgehead atoms. The molecule has 0 N–H and O–H groups in total. The molecule has 0 aliphatic carbocycles. The van der Waals surface area contributed by atoms with E-state index in [4.69, 9.17) is 0 Å². The molecule has 0 atom stereocenters. The summed E-state index contributed by atoms with van der Waals surface area (Å²) in [5.74, 6) is 0. The Morgan fingerprint density at radius 2 is 1.70 bits per heavy atom. The predicted molar refractivity (Wildman–Crippen MR) is 91.4 cm³/mol. The maximum atomic E-state index is 2.55. The summed E-state index contributed by atoms with van der Waals surface area (Å²) in [5.41, 5.74) is 4.47. The van der Waals surface area contributed by atoms with Crippen LogP contribution < -0.4 is 0 Å². The second-order valence-corrected chi connectivity index (χ2v) is 5.10. The maximum Gasteiger partial charge on any atom is 0.0237 e. The Morgan fingerprint density at radius 1 is 1.05 bits per heavy atom. The molecule has 0 unspecified atom stereocenters. The van der Waals surface area contributed by atoms with E-state index in [2.05, 4.69) is 49.0 Å². The molecule has 1 heterocycles. The molecule has 1 aromatic carbocycles. The number of aryl methyl sites for hydroxylation is 1. The van der Waals surface area contributed by atoms with Crippen molar-refractivity contribution < 1.29 is 0 Å². The lowest BCUT2D eigenvalue weighted by atomic mass is 9.98. The SMILES string of the molecule is CC.CC.Cc1ccc2c(c1)CCN(CCN(C)C)C2. The molecule has 0 amide bonds. The lowest BCUT2D eigenvalue weighted by Gasteiger charge is -2.29. The Morgan fingerprint density at radius 3 is 2.30 bits per heavy atom. The number of rotatable bonds is 3. The van der Waals surface area contributed by atoms with Crippen LogP contribution in [-0.4, -0.2) is 43.5 Å². The van der Waals surface area contributed by atoms with Crippen LogP contribution in [0.15, 0.2) is 18.2 Å². The van der Waals surface area contributed by atoms with E-state index in [0.29, 0.717) is 0 Å². The quantitative estimate of drug-likeness (QED) is 0.825. The van der Waals surface area contributed by atoms with Crippen LogP contribution in [0, 0.1) is 6.92 Å². The van der Waals surface area contributed by atoms with Gasteiger partial charge in [-0.3, -0.25) is 4.90 Å². The van der Waals surface area contributed by atoms with E-state index >= 15 is 0 Å². The van der Waals surface area contributed by atoms with Crippen LogP contribution in [0.1, 0.15) is 44.4 Å². The van der Waals surface area contributed by atoms with Crippen LogP contribution in [0.3, 0.4) is 0 Å². The molecular weight excluding hydrogens is 244 g/mol. The molecular formula is C18H34N2. The zero-order chi connectivity index (χ0) is 15.5. The Hall–Kier alpha value is -0.860. The van der Waals surface area contributed by atoms with E-state index in [9.17, 15) is 0 Å². The molecule has 1 aromatic rings. The third-order valence-corrected chi connectivity index (χ3v) is 3.32. The minimum absolute atomic E-state index is 1.13. The van der Waals surface area contributed by atoms with Gasteiger partial charge in [-0.05, 0) is 38.6 Å². The van der Waals surface area contributed by atoms with E-state index in [-0.39, 0.29) is 0 Å². The van der Waals surface area contributed by atoms with Crippen molar-refractivity contribution in [3.63, 3.8) is 0 Å². The highest BCUT2D eigenvalue weighted by Crippen LogP contribution is 2.19. The van der Waals surface area contributed by atoms with Gasteiger partial charge in [0.1, 0.15) is 0 Å². The van der Waals surface area contributed by atoms with Gasteiger partial charge in [0.2, 0.25) is 0 Å². The molecule has 0 radical (unpaired) electrons. The monoisotopic (exact) mass is 278 g/mol. The summed E-state index contributed by atoms with van der Waals surface area (Å²) in [6, 6.07) is 6.87. The average molecular weight is 278 g/mol. The molecule has 0 aromatic heterocycles. The summed E-state index contributed by atoms with van der Waals surface area (Å²) >= 11 is 0. The highest BCUT2D eigenvalue weighted by molar-refractivity contribution is 5.33. The fourth-order valence-electron chi connectivity index (χ4n) is 2.27. The minimum Gasteiger partial charge on any atom is -0.308 e. The first-order valence-corrected chi connectivity index (χ1v) is 8.10. The third-order valence-electron chi connectivity index (χ3n) is 3.32. The molecule has 1 aliphatic rings. The van der Waals surface area contributed by atoms with Crippen LogP contribution in [0.25, 0.3) is 0 Å². The third kappa shape index (κ3) is 6.53. The van der Waals surface area contributed by atoms with Gasteiger partial charge < -0.3 is 4.90 Å². The van der Waals surface area contributed by atoms with Gasteiger partial charge in [-0.1, -0.05) is 51.5 Å². The van der Waals surface area contributed by atoms with E-state index in [1.54, 1.807) is 5.56 Å². The molecule has 0 spiro atoms. The number of hydrogen-bond donors (Lipinski definition) is 0. The van der Waals surface area contributed by atoms with Crippen LogP contribution >= 0.6 is 0 Å². The van der Waals surface area contributed by atoms with Crippen LogP contribution in [-0.2, 0) is 13.0 Å². The highest BCUT2D eigenvalue weighted by atomic mass is 15.2. The molecule has 116 valence electrons. The predicted octanol–water partition coefficient (Wildman–Crippen LogP) is 3.97. The van der Waals surface area contributed by atoms with Gasteiger partial charge >= 0.3 is 0 Å². The molecule has 0 fully saturated rings. The lowest BCUT2D eigenvalue weighted by molar-refractivity contribution is 0.225. The first-order chi connectivity index (χ1) is 9.65. The van der Waals surface area contributed by atoms with Crippen molar-refractivity contribution >= 4 is 0 Å². The summed E-state index contributed by atoms with van der Waals surface area (Å²) in [5, 5.41) is 0. The fraction of sp³-hybridized carbons (Fsp3) is 0.667. The Balaban J connectivity index is 0.000000829. The smallest absolute Gasteiger partial charge is 0.0237 e. The van der Waals surface area contributed by atoms with E-state index in [1.165, 1.54) is 30.6 Å². The molecule has 0 saturated heterocycles. The highest BCUT2D eigenvalue weighted by Gasteiger charge is 2.15. The second kappa shape index (κ2) is 10.9. The van der Waals surface area contributed by atoms with Gasteiger partial charge in [-0.2, -0.15) is 0 Å². The topological polar surface area (TPSA) is 6.48 Å². The lowest BCUT2D eigenvalue weighted by Crippen LogP contribution is -2.35. The Kier molecular flexibility index (Phi) is 10.4. The molecule has 0 saturated carbocycles. The summed E-state index contributed by atoms with van der Waals surface area (Å²) in [6.07, 6.45) is 1.21. The summed E-state index contributed by atoms with van der Waals surface area (Å²) in [6.45, 7) is 14.9. The maximum absolute atomic E-state index is 2.55. The second-order valence-electron chi connectivity index (χ2n) is 5.10. The van der Waals surface area contributed by atoms with Gasteiger partial charge in [0, 0.05) is 26.2 Å². The Bertz CT molecular complexity index is 358. The molecule has 2 heteroatoms. The molecule has 1 aliphatic heterocycles. The Labute approximate surface area is 126 Å². The van der Waals surface area contributed by atoms with Crippen molar-refractivity contribution in [2.45, 2.75) is 47.6 Å². The van der Waals surface area contributed by atoms with Crippen molar-refractivity contribution in [3.8, 4) is 0 Å². The van der Waals surface area contributed by atoms with Crippen molar-refractivity contribution in [3.05, 3.63) is 34.9 Å². The van der Waals surface area contributed by atoms with Gasteiger partial charge in [-0.25, -0.2) is 0 Å². The molecule has 2 rings (SSSR count). The zero-order valence-electron chi connectivity index (χ0n) is 14.7. The summed E-state index contributed by atoms with van der Waals surface area (Å²) in [4.78, 5) is 4.81. The largest absolute Gasteiger partial charge is 0.308 e. The zero-order valence-corrected chi connectivity index (χ0v) is 14.7. The van der Waals surface area contributed by atoms with Crippen LogP contribution in [0.2, 0.25) is 0 Å². The number of hydrogen-bond acceptors (Lipinski definition) is 2. The first kappa shape index (κ1) is 19.1. The van der Waals surface area contributed by atoms with Crippen molar-refractivity contribution in [2.24, 2.45) is 0 Å². The number of nitrogens with zero attached hydrogens (tertiary/aromatic N) is 2. The van der Waals surface area contributed by atoms with Gasteiger partial charge in [0.05, 0.1) is 0 Å². The first-order valence-electron chi connectivity index (χ1n) is 8.10. The van der Waals surface area contributed by atoms with Gasteiger partial charge in [-0.15, -0.1) is 0 Å². The molecule has 20 heavy (non-hydrogen) atoms. The van der Waals surface area contributed by atoms with Gasteiger partial charge in [0.25, 0.3) is 0 Å². The molecule has 2 nitrogen and oxygen atoms in total. The normalized spacial score (nSPS) is 13.8. The van der Waals surface area contributed by atoms with E-state index in [0.717, 1.165) is 13.1 Å². The minimum atomic E-state index is 1.13. The van der Waals surface area contributed by atoms with Crippen LogP contribution in [0.4, 0.5) is 0 Å². The van der Waals surface area contributed by atoms with E-state index in [1.807, 2.05) is 27.7 Å². The van der Waals surface area contributed by atoms with Crippen molar-refractivity contribution in [1.29, 1.82) is 0 Å². The number of benzene rings is 1. The number of fused-ring (bicyclic) bond motifs is 1. The van der Waals surface area contributed by atoms with Crippen molar-refractivity contribution in [2.75, 3.05) is 33.7 Å². The van der Waals surface area contributed by atoms with Crippen molar-refractivity contribution in [1.82, 2.24) is 9.80 Å².